The summed E-state index contributed by atoms with van der Waals surface area (Å²) in [5.41, 5.74) is -2.31. The predicted molar refractivity (Wildman–Crippen MR) is 127 cm³/mol. The van der Waals surface area contributed by atoms with Crippen LogP contribution in [0.3, 0.4) is 0 Å². The summed E-state index contributed by atoms with van der Waals surface area (Å²) in [4.78, 5) is 35.4. The van der Waals surface area contributed by atoms with Crippen LogP contribution in [0.1, 0.15) is 123 Å². The van der Waals surface area contributed by atoms with Crippen molar-refractivity contribution < 1.29 is 29.3 Å². The standard InChI is InChI=1S/C26H52O6/c1-20(2,3)16-19(17-24(13,14)29-27-22(7,8)9)25(15,30-28-23(10,11)12)26(31-32-26)18-21(4,5)6/h19H,16-18H2,1-15H3. The van der Waals surface area contributed by atoms with Gasteiger partial charge in [-0.3, -0.25) is 0 Å². The van der Waals surface area contributed by atoms with Gasteiger partial charge in [0, 0.05) is 6.42 Å². The second kappa shape index (κ2) is 9.43. The Morgan fingerprint density at radius 1 is 0.562 bits per heavy atom. The summed E-state index contributed by atoms with van der Waals surface area (Å²) in [7, 11) is 0. The van der Waals surface area contributed by atoms with Crippen LogP contribution < -0.4 is 0 Å². The normalized spacial score (nSPS) is 20.7. The molecule has 1 saturated heterocycles. The van der Waals surface area contributed by atoms with Gasteiger partial charge < -0.3 is 0 Å². The smallest absolute Gasteiger partial charge is 0.230 e. The van der Waals surface area contributed by atoms with Crippen LogP contribution in [0.15, 0.2) is 0 Å². The van der Waals surface area contributed by atoms with Crippen LogP contribution in [0.2, 0.25) is 0 Å². The van der Waals surface area contributed by atoms with Gasteiger partial charge in [-0.1, -0.05) is 41.5 Å². The highest BCUT2D eigenvalue weighted by molar-refractivity contribution is 5.04. The molecule has 2 unspecified atom stereocenters. The van der Waals surface area contributed by atoms with E-state index < -0.39 is 28.2 Å². The molecule has 6 nitrogen and oxygen atoms in total. The average molecular weight is 461 g/mol. The molecule has 1 rings (SSSR count). The predicted octanol–water partition coefficient (Wildman–Crippen LogP) is 7.55. The number of rotatable bonds is 10. The molecule has 0 aromatic heterocycles. The number of hydrogen-bond donors (Lipinski definition) is 0. The van der Waals surface area contributed by atoms with Crippen LogP contribution in [0.4, 0.5) is 0 Å². The third kappa shape index (κ3) is 9.94. The van der Waals surface area contributed by atoms with Crippen molar-refractivity contribution in [3.63, 3.8) is 0 Å². The van der Waals surface area contributed by atoms with E-state index in [9.17, 15) is 0 Å². The van der Waals surface area contributed by atoms with E-state index in [1.165, 1.54) is 0 Å². The van der Waals surface area contributed by atoms with Crippen LogP contribution in [0.25, 0.3) is 0 Å². The molecule has 0 spiro atoms. The Kier molecular flexibility index (Phi) is 8.78. The van der Waals surface area contributed by atoms with Crippen LogP contribution in [-0.2, 0) is 29.3 Å². The van der Waals surface area contributed by atoms with Crippen molar-refractivity contribution in [2.24, 2.45) is 16.7 Å². The lowest BCUT2D eigenvalue weighted by molar-refractivity contribution is -0.433. The van der Waals surface area contributed by atoms with Crippen molar-refractivity contribution in [3.05, 3.63) is 0 Å². The summed E-state index contributed by atoms with van der Waals surface area (Å²) in [6.45, 7) is 31.2. The fourth-order valence-electron chi connectivity index (χ4n) is 3.87. The summed E-state index contributed by atoms with van der Waals surface area (Å²) in [5, 5.41) is 0. The highest BCUT2D eigenvalue weighted by Gasteiger charge is 2.69. The van der Waals surface area contributed by atoms with Gasteiger partial charge in [-0.15, -0.1) is 0 Å². The molecule has 0 saturated carbocycles. The molecule has 1 fully saturated rings. The number of hydrogen-bond acceptors (Lipinski definition) is 6. The summed E-state index contributed by atoms with van der Waals surface area (Å²) in [6, 6.07) is 0. The lowest BCUT2D eigenvalue weighted by atomic mass is 9.67. The molecule has 192 valence electrons. The van der Waals surface area contributed by atoms with Crippen molar-refractivity contribution in [1.29, 1.82) is 0 Å². The second-order valence-corrected chi connectivity index (χ2v) is 14.7. The van der Waals surface area contributed by atoms with E-state index in [0.717, 1.165) is 6.42 Å². The molecular weight excluding hydrogens is 408 g/mol. The zero-order valence-electron chi connectivity index (χ0n) is 23.6. The quantitative estimate of drug-likeness (QED) is 0.190. The molecule has 1 aliphatic heterocycles. The van der Waals surface area contributed by atoms with Crippen LogP contribution in [0.5, 0.6) is 0 Å². The van der Waals surface area contributed by atoms with Gasteiger partial charge in [-0.2, -0.15) is 9.78 Å². The minimum Gasteiger partial charge on any atom is -0.230 e. The van der Waals surface area contributed by atoms with Gasteiger partial charge >= 0.3 is 0 Å². The SMILES string of the molecule is CC(C)(C)CC(CC(C)(C)OOC(C)(C)C)C(C)(OOC(C)(C)C)C1(CC(C)(C)C)OO1. The molecule has 0 radical (unpaired) electrons. The Morgan fingerprint density at radius 3 is 1.34 bits per heavy atom. The lowest BCUT2D eigenvalue weighted by Gasteiger charge is -2.45. The third-order valence-corrected chi connectivity index (χ3v) is 5.16. The molecule has 32 heavy (non-hydrogen) atoms. The van der Waals surface area contributed by atoms with E-state index in [2.05, 4.69) is 48.5 Å². The zero-order valence-corrected chi connectivity index (χ0v) is 23.6. The van der Waals surface area contributed by atoms with E-state index in [1.807, 2.05) is 55.4 Å². The molecule has 0 amide bonds. The van der Waals surface area contributed by atoms with Crippen LogP contribution in [-0.4, -0.2) is 28.2 Å². The minimum atomic E-state index is -0.895. The van der Waals surface area contributed by atoms with E-state index >= 15 is 0 Å². The molecule has 0 N–H and O–H groups in total. The summed E-state index contributed by atoms with van der Waals surface area (Å²) in [5.74, 6) is -0.902. The molecule has 0 aromatic rings. The Balaban J connectivity index is 3.37. The molecule has 0 bridgehead atoms. The molecular formula is C26H52O6. The van der Waals surface area contributed by atoms with Gasteiger partial charge in [0.15, 0.2) is 5.60 Å². The van der Waals surface area contributed by atoms with Gasteiger partial charge in [0.2, 0.25) is 0 Å². The fourth-order valence-corrected chi connectivity index (χ4v) is 3.87. The van der Waals surface area contributed by atoms with Gasteiger partial charge in [0.05, 0.1) is 16.8 Å². The van der Waals surface area contributed by atoms with E-state index in [0.29, 0.717) is 12.8 Å². The largest absolute Gasteiger partial charge is 0.266 e. The first-order valence-electron chi connectivity index (χ1n) is 12.0. The summed E-state index contributed by atoms with van der Waals surface area (Å²) >= 11 is 0. The van der Waals surface area contributed by atoms with Crippen LogP contribution >= 0.6 is 0 Å². The van der Waals surface area contributed by atoms with Crippen molar-refractivity contribution >= 4 is 0 Å². The highest BCUT2D eigenvalue weighted by atomic mass is 17.4. The molecule has 1 heterocycles. The Bertz CT molecular complexity index is 596. The van der Waals surface area contributed by atoms with Gasteiger partial charge in [0.1, 0.15) is 0 Å². The maximum atomic E-state index is 6.32. The Morgan fingerprint density at radius 2 is 1.00 bits per heavy atom. The Labute approximate surface area is 197 Å². The molecule has 0 aliphatic carbocycles. The van der Waals surface area contributed by atoms with E-state index in [-0.39, 0.29) is 16.7 Å². The molecule has 2 atom stereocenters. The average Bonchev–Trinajstić information content (AvgIpc) is 3.26. The van der Waals surface area contributed by atoms with E-state index in [4.69, 9.17) is 29.3 Å². The highest BCUT2D eigenvalue weighted by Crippen LogP contribution is 2.56. The monoisotopic (exact) mass is 460 g/mol. The maximum Gasteiger partial charge on any atom is 0.266 e. The topological polar surface area (TPSA) is 62.0 Å². The van der Waals surface area contributed by atoms with Gasteiger partial charge in [0.25, 0.3) is 5.79 Å². The minimum absolute atomic E-state index is 0.00623. The van der Waals surface area contributed by atoms with Crippen LogP contribution in [0, 0.1) is 16.7 Å². The maximum absolute atomic E-state index is 6.32. The lowest BCUT2D eigenvalue weighted by Crippen LogP contribution is -2.55. The van der Waals surface area contributed by atoms with Crippen molar-refractivity contribution in [3.8, 4) is 0 Å². The third-order valence-electron chi connectivity index (χ3n) is 5.16. The second-order valence-electron chi connectivity index (χ2n) is 14.7. The first-order chi connectivity index (χ1) is 13.9. The zero-order chi connectivity index (χ0) is 25.4. The van der Waals surface area contributed by atoms with Crippen molar-refractivity contribution in [2.75, 3.05) is 0 Å². The molecule has 0 aromatic carbocycles. The summed E-state index contributed by atoms with van der Waals surface area (Å²) in [6.07, 6.45) is 2.20. The summed E-state index contributed by atoms with van der Waals surface area (Å²) < 4.78 is 0. The molecule has 6 heteroatoms. The van der Waals surface area contributed by atoms with Gasteiger partial charge in [-0.25, -0.2) is 19.6 Å². The van der Waals surface area contributed by atoms with Crippen molar-refractivity contribution in [1.82, 2.24) is 0 Å². The first-order valence-corrected chi connectivity index (χ1v) is 12.0. The fraction of sp³-hybridized carbons (Fsp3) is 1.00. The van der Waals surface area contributed by atoms with E-state index in [1.54, 1.807) is 0 Å². The van der Waals surface area contributed by atoms with Crippen molar-refractivity contribution in [2.45, 2.75) is 151 Å². The van der Waals surface area contributed by atoms with Gasteiger partial charge in [-0.05, 0) is 91.9 Å². The first kappa shape index (κ1) is 29.8. The Hall–Kier alpha value is -0.240. The molecule has 1 aliphatic rings.